The molecule has 0 spiro atoms. The van der Waals surface area contributed by atoms with Crippen molar-refractivity contribution in [1.82, 2.24) is 0 Å². The highest BCUT2D eigenvalue weighted by Gasteiger charge is 2.25. The molecule has 1 aromatic carbocycles. The molecule has 1 unspecified atom stereocenters. The SMILES string of the molecule is Cc1cc(C)cc(OCC(C)(O)CC(=O)O)c1. The smallest absolute Gasteiger partial charge is 0.306 e. The first-order chi connectivity index (χ1) is 7.78. The minimum Gasteiger partial charge on any atom is -0.491 e. The molecule has 0 aliphatic heterocycles. The molecule has 0 bridgehead atoms. The van der Waals surface area contributed by atoms with Crippen LogP contribution < -0.4 is 4.74 Å². The van der Waals surface area contributed by atoms with Crippen molar-refractivity contribution in [2.24, 2.45) is 0 Å². The lowest BCUT2D eigenvalue weighted by molar-refractivity contribution is -0.143. The Morgan fingerprint density at radius 3 is 2.29 bits per heavy atom. The molecule has 0 amide bonds. The van der Waals surface area contributed by atoms with E-state index in [9.17, 15) is 9.90 Å². The molecule has 0 heterocycles. The first kappa shape index (κ1) is 13.5. The van der Waals surface area contributed by atoms with E-state index in [4.69, 9.17) is 9.84 Å². The summed E-state index contributed by atoms with van der Waals surface area (Å²) in [5.41, 5.74) is 0.777. The Bertz CT molecular complexity index is 390. The third kappa shape index (κ3) is 4.87. The van der Waals surface area contributed by atoms with Gasteiger partial charge in [-0.1, -0.05) is 6.07 Å². The second-order valence-electron chi connectivity index (χ2n) is 4.68. The summed E-state index contributed by atoms with van der Waals surface area (Å²) in [7, 11) is 0. The van der Waals surface area contributed by atoms with E-state index in [0.717, 1.165) is 11.1 Å². The summed E-state index contributed by atoms with van der Waals surface area (Å²) in [6.45, 7) is 5.32. The van der Waals surface area contributed by atoms with Crippen molar-refractivity contribution in [3.8, 4) is 5.75 Å². The van der Waals surface area contributed by atoms with Gasteiger partial charge in [0, 0.05) is 0 Å². The van der Waals surface area contributed by atoms with Crippen LogP contribution in [0.4, 0.5) is 0 Å². The molecule has 2 N–H and O–H groups in total. The van der Waals surface area contributed by atoms with Gasteiger partial charge in [0.1, 0.15) is 18.0 Å². The standard InChI is InChI=1S/C13H18O4/c1-9-4-10(2)6-11(5-9)17-8-13(3,16)7-12(14)15/h4-6,16H,7-8H2,1-3H3,(H,14,15). The van der Waals surface area contributed by atoms with Crippen molar-refractivity contribution >= 4 is 5.97 Å². The van der Waals surface area contributed by atoms with Gasteiger partial charge >= 0.3 is 5.97 Å². The number of rotatable bonds is 5. The fourth-order valence-corrected chi connectivity index (χ4v) is 1.63. The van der Waals surface area contributed by atoms with Crippen LogP contribution in [0, 0.1) is 13.8 Å². The second kappa shape index (κ2) is 5.19. The summed E-state index contributed by atoms with van der Waals surface area (Å²) < 4.78 is 5.42. The van der Waals surface area contributed by atoms with Gasteiger partial charge in [-0.05, 0) is 44.0 Å². The number of aliphatic hydroxyl groups is 1. The fourth-order valence-electron chi connectivity index (χ4n) is 1.63. The van der Waals surface area contributed by atoms with Gasteiger partial charge in [0.2, 0.25) is 0 Å². The largest absolute Gasteiger partial charge is 0.491 e. The molecule has 0 aliphatic rings. The van der Waals surface area contributed by atoms with E-state index in [2.05, 4.69) is 0 Å². The third-order valence-electron chi connectivity index (χ3n) is 2.28. The number of carboxylic acids is 1. The second-order valence-corrected chi connectivity index (χ2v) is 4.68. The fraction of sp³-hybridized carbons (Fsp3) is 0.462. The minimum absolute atomic E-state index is 0.0395. The summed E-state index contributed by atoms with van der Waals surface area (Å²) >= 11 is 0. The molecular formula is C13H18O4. The highest BCUT2D eigenvalue weighted by atomic mass is 16.5. The molecule has 94 valence electrons. The van der Waals surface area contributed by atoms with E-state index in [1.54, 1.807) is 0 Å². The molecular weight excluding hydrogens is 220 g/mol. The van der Waals surface area contributed by atoms with Crippen molar-refractivity contribution < 1.29 is 19.7 Å². The highest BCUT2D eigenvalue weighted by molar-refractivity contribution is 5.68. The third-order valence-corrected chi connectivity index (χ3v) is 2.28. The topological polar surface area (TPSA) is 66.8 Å². The number of carbonyl (C=O) groups is 1. The molecule has 1 rings (SSSR count). The van der Waals surface area contributed by atoms with E-state index >= 15 is 0 Å². The Morgan fingerprint density at radius 2 is 1.82 bits per heavy atom. The quantitative estimate of drug-likeness (QED) is 0.822. The van der Waals surface area contributed by atoms with E-state index in [1.807, 2.05) is 32.0 Å². The van der Waals surface area contributed by atoms with Crippen LogP contribution in [0.3, 0.4) is 0 Å². The molecule has 0 saturated heterocycles. The van der Waals surface area contributed by atoms with Gasteiger partial charge in [-0.15, -0.1) is 0 Å². The van der Waals surface area contributed by atoms with Gasteiger partial charge in [-0.2, -0.15) is 0 Å². The van der Waals surface area contributed by atoms with Gasteiger partial charge in [0.05, 0.1) is 6.42 Å². The number of carboxylic acid groups (broad SMARTS) is 1. The zero-order valence-electron chi connectivity index (χ0n) is 10.4. The lowest BCUT2D eigenvalue weighted by atomic mass is 10.0. The summed E-state index contributed by atoms with van der Waals surface area (Å²) in [5, 5.41) is 18.4. The van der Waals surface area contributed by atoms with E-state index in [-0.39, 0.29) is 13.0 Å². The van der Waals surface area contributed by atoms with Crippen LogP contribution in [0.15, 0.2) is 18.2 Å². The summed E-state index contributed by atoms with van der Waals surface area (Å²) in [5.74, 6) is -0.396. The van der Waals surface area contributed by atoms with Crippen molar-refractivity contribution in [2.45, 2.75) is 32.8 Å². The van der Waals surface area contributed by atoms with Crippen LogP contribution in [0.25, 0.3) is 0 Å². The molecule has 0 aromatic heterocycles. The lowest BCUT2D eigenvalue weighted by Gasteiger charge is -2.21. The highest BCUT2D eigenvalue weighted by Crippen LogP contribution is 2.18. The molecule has 17 heavy (non-hydrogen) atoms. The van der Waals surface area contributed by atoms with Crippen molar-refractivity contribution in [1.29, 1.82) is 0 Å². The first-order valence-electron chi connectivity index (χ1n) is 5.44. The molecule has 0 fully saturated rings. The number of ether oxygens (including phenoxy) is 1. The molecule has 0 aliphatic carbocycles. The number of hydrogen-bond donors (Lipinski definition) is 2. The zero-order chi connectivity index (χ0) is 13.1. The molecule has 4 heteroatoms. The van der Waals surface area contributed by atoms with Crippen LogP contribution in [0.2, 0.25) is 0 Å². The zero-order valence-corrected chi connectivity index (χ0v) is 10.4. The Labute approximate surface area is 101 Å². The molecule has 1 aromatic rings. The Kier molecular flexibility index (Phi) is 4.12. The maximum atomic E-state index is 10.5. The first-order valence-corrected chi connectivity index (χ1v) is 5.44. The number of hydrogen-bond acceptors (Lipinski definition) is 3. The minimum atomic E-state index is -1.36. The Morgan fingerprint density at radius 1 is 1.29 bits per heavy atom. The van der Waals surface area contributed by atoms with Gasteiger partial charge in [0.25, 0.3) is 0 Å². The maximum absolute atomic E-state index is 10.5. The molecule has 4 nitrogen and oxygen atoms in total. The van der Waals surface area contributed by atoms with Gasteiger partial charge in [0.15, 0.2) is 0 Å². The lowest BCUT2D eigenvalue weighted by Crippen LogP contribution is -2.34. The van der Waals surface area contributed by atoms with E-state index in [0.29, 0.717) is 5.75 Å². The van der Waals surface area contributed by atoms with Gasteiger partial charge < -0.3 is 14.9 Å². The van der Waals surface area contributed by atoms with Crippen LogP contribution in [-0.4, -0.2) is 28.4 Å². The van der Waals surface area contributed by atoms with Crippen LogP contribution >= 0.6 is 0 Å². The summed E-state index contributed by atoms with van der Waals surface area (Å²) in [6, 6.07) is 5.72. The van der Waals surface area contributed by atoms with Crippen LogP contribution in [0.1, 0.15) is 24.5 Å². The van der Waals surface area contributed by atoms with Crippen LogP contribution in [0.5, 0.6) is 5.75 Å². The monoisotopic (exact) mass is 238 g/mol. The van der Waals surface area contributed by atoms with Crippen molar-refractivity contribution in [3.63, 3.8) is 0 Å². The van der Waals surface area contributed by atoms with E-state index in [1.165, 1.54) is 6.92 Å². The Balaban J connectivity index is 2.63. The number of aliphatic carboxylic acids is 1. The molecule has 0 radical (unpaired) electrons. The predicted octanol–water partition coefficient (Wildman–Crippen LogP) is 1.91. The number of benzene rings is 1. The molecule has 0 saturated carbocycles. The van der Waals surface area contributed by atoms with Crippen LogP contribution in [-0.2, 0) is 4.79 Å². The summed E-state index contributed by atoms with van der Waals surface area (Å²) in [6.07, 6.45) is -0.336. The normalized spacial score (nSPS) is 14.1. The Hall–Kier alpha value is -1.55. The predicted molar refractivity (Wildman–Crippen MR) is 64.3 cm³/mol. The van der Waals surface area contributed by atoms with Gasteiger partial charge in [-0.3, -0.25) is 4.79 Å². The average Bonchev–Trinajstić information content (AvgIpc) is 2.11. The van der Waals surface area contributed by atoms with Crippen molar-refractivity contribution in [2.75, 3.05) is 6.61 Å². The molecule has 1 atom stereocenters. The average molecular weight is 238 g/mol. The number of aryl methyl sites for hydroxylation is 2. The van der Waals surface area contributed by atoms with Gasteiger partial charge in [-0.25, -0.2) is 0 Å². The maximum Gasteiger partial charge on any atom is 0.306 e. The summed E-state index contributed by atoms with van der Waals surface area (Å²) in [4.78, 5) is 10.5. The van der Waals surface area contributed by atoms with Crippen molar-refractivity contribution in [3.05, 3.63) is 29.3 Å². The van der Waals surface area contributed by atoms with E-state index < -0.39 is 11.6 Å².